The van der Waals surface area contributed by atoms with Crippen molar-refractivity contribution in [3.05, 3.63) is 35.2 Å². The highest BCUT2D eigenvalue weighted by Gasteiger charge is 2.15. The first-order chi connectivity index (χ1) is 12.7. The molecule has 0 saturated carbocycles. The summed E-state index contributed by atoms with van der Waals surface area (Å²) in [5.74, 6) is 1.32. The number of fused-ring (bicyclic) bond motifs is 1. The van der Waals surface area contributed by atoms with Crippen molar-refractivity contribution in [3.63, 3.8) is 0 Å². The van der Waals surface area contributed by atoms with E-state index in [2.05, 4.69) is 45.6 Å². The quantitative estimate of drug-likeness (QED) is 0.515. The maximum atomic E-state index is 10.5. The second-order valence-corrected chi connectivity index (χ2v) is 8.26. The van der Waals surface area contributed by atoms with Gasteiger partial charge in [0.2, 0.25) is 0 Å². The summed E-state index contributed by atoms with van der Waals surface area (Å²) in [6.45, 7) is 7.21. The summed E-state index contributed by atoms with van der Waals surface area (Å²) in [7, 11) is 1.77. The van der Waals surface area contributed by atoms with Gasteiger partial charge in [0, 0.05) is 36.3 Å². The van der Waals surface area contributed by atoms with Crippen LogP contribution < -0.4 is 10.6 Å². The lowest BCUT2D eigenvalue weighted by Gasteiger charge is -2.22. The second kappa shape index (κ2) is 9.35. The maximum Gasteiger partial charge on any atom is 0.191 e. The van der Waals surface area contributed by atoms with Gasteiger partial charge in [-0.2, -0.15) is 0 Å². The average molecular weight is 375 g/mol. The van der Waals surface area contributed by atoms with E-state index in [-0.39, 0.29) is 0 Å². The fraction of sp³-hybridized carbons (Fsp3) is 0.550. The molecule has 5 nitrogen and oxygen atoms in total. The van der Waals surface area contributed by atoms with Crippen LogP contribution in [-0.4, -0.2) is 55.7 Å². The Morgan fingerprint density at radius 3 is 2.69 bits per heavy atom. The highest BCUT2D eigenvalue weighted by molar-refractivity contribution is 7.19. The van der Waals surface area contributed by atoms with Gasteiger partial charge in [-0.1, -0.05) is 25.1 Å². The third kappa shape index (κ3) is 5.19. The van der Waals surface area contributed by atoms with E-state index < -0.39 is 6.10 Å². The van der Waals surface area contributed by atoms with Crippen LogP contribution in [0.25, 0.3) is 10.1 Å². The van der Waals surface area contributed by atoms with Crippen LogP contribution in [0.2, 0.25) is 0 Å². The van der Waals surface area contributed by atoms with Crippen LogP contribution in [0, 0.1) is 5.92 Å². The molecule has 0 radical (unpaired) electrons. The van der Waals surface area contributed by atoms with Crippen LogP contribution in [0.1, 0.15) is 30.7 Å². The molecule has 3 rings (SSSR count). The molecular formula is C20H30N4OS. The molecule has 1 fully saturated rings. The Morgan fingerprint density at radius 1 is 1.23 bits per heavy atom. The van der Waals surface area contributed by atoms with Gasteiger partial charge in [0.05, 0.1) is 0 Å². The highest BCUT2D eigenvalue weighted by Crippen LogP contribution is 2.29. The zero-order chi connectivity index (χ0) is 18.4. The van der Waals surface area contributed by atoms with Crippen molar-refractivity contribution in [1.82, 2.24) is 15.5 Å². The Balaban J connectivity index is 1.44. The van der Waals surface area contributed by atoms with E-state index >= 15 is 0 Å². The highest BCUT2D eigenvalue weighted by atomic mass is 32.1. The second-order valence-electron chi connectivity index (χ2n) is 7.15. The monoisotopic (exact) mass is 374 g/mol. The van der Waals surface area contributed by atoms with Gasteiger partial charge in [-0.25, -0.2) is 0 Å². The molecule has 0 amide bonds. The first-order valence-corrected chi connectivity index (χ1v) is 10.3. The SMILES string of the molecule is CN=C(NCC(C)CN1CCCC1)NCC(O)c1cc2ccccc2s1. The Kier molecular flexibility index (Phi) is 6.88. The van der Waals surface area contributed by atoms with Crippen molar-refractivity contribution in [3.8, 4) is 0 Å². The zero-order valence-corrected chi connectivity index (χ0v) is 16.6. The van der Waals surface area contributed by atoms with Crippen LogP contribution in [0.4, 0.5) is 0 Å². The predicted molar refractivity (Wildman–Crippen MR) is 111 cm³/mol. The van der Waals surface area contributed by atoms with E-state index in [1.807, 2.05) is 12.1 Å². The molecule has 2 atom stereocenters. The smallest absolute Gasteiger partial charge is 0.191 e. The number of hydrogen-bond acceptors (Lipinski definition) is 4. The third-order valence-corrected chi connectivity index (χ3v) is 6.06. The Labute approximate surface area is 160 Å². The Bertz CT molecular complexity index is 690. The minimum absolute atomic E-state index is 0.451. The lowest BCUT2D eigenvalue weighted by molar-refractivity contribution is 0.184. The van der Waals surface area contributed by atoms with Crippen molar-refractivity contribution in [1.29, 1.82) is 0 Å². The number of nitrogens with one attached hydrogen (secondary N) is 2. The van der Waals surface area contributed by atoms with Crippen molar-refractivity contribution in [2.75, 3.05) is 39.8 Å². The van der Waals surface area contributed by atoms with E-state index in [9.17, 15) is 5.11 Å². The van der Waals surface area contributed by atoms with E-state index in [0.29, 0.717) is 12.5 Å². The summed E-state index contributed by atoms with van der Waals surface area (Å²) >= 11 is 1.64. The van der Waals surface area contributed by atoms with Crippen LogP contribution >= 0.6 is 11.3 Å². The first-order valence-electron chi connectivity index (χ1n) is 9.49. The molecule has 0 spiro atoms. The molecule has 2 unspecified atom stereocenters. The number of benzene rings is 1. The number of aliphatic hydroxyl groups is 1. The molecule has 2 aromatic rings. The van der Waals surface area contributed by atoms with E-state index in [1.165, 1.54) is 36.0 Å². The molecule has 0 aliphatic carbocycles. The van der Waals surface area contributed by atoms with Gasteiger partial charge in [0.1, 0.15) is 6.10 Å². The third-order valence-electron chi connectivity index (χ3n) is 4.85. The van der Waals surface area contributed by atoms with Gasteiger partial charge >= 0.3 is 0 Å². The van der Waals surface area contributed by atoms with Crippen molar-refractivity contribution >= 4 is 27.4 Å². The fourth-order valence-electron chi connectivity index (χ4n) is 3.42. The lowest BCUT2D eigenvalue weighted by Crippen LogP contribution is -2.42. The molecule has 1 aliphatic rings. The largest absolute Gasteiger partial charge is 0.386 e. The summed E-state index contributed by atoms with van der Waals surface area (Å²) in [5.41, 5.74) is 0. The molecule has 1 aromatic heterocycles. The minimum atomic E-state index is -0.534. The number of aliphatic imine (C=N–C) groups is 1. The van der Waals surface area contributed by atoms with Crippen molar-refractivity contribution in [2.24, 2.45) is 10.9 Å². The van der Waals surface area contributed by atoms with Gasteiger partial charge in [-0.05, 0) is 49.4 Å². The Hall–Kier alpha value is -1.63. The van der Waals surface area contributed by atoms with Crippen LogP contribution in [-0.2, 0) is 0 Å². The number of aliphatic hydroxyl groups excluding tert-OH is 1. The first kappa shape index (κ1) is 19.1. The molecule has 1 saturated heterocycles. The number of rotatable bonds is 7. The van der Waals surface area contributed by atoms with Gasteiger partial charge in [-0.3, -0.25) is 4.99 Å². The molecule has 3 N–H and O–H groups in total. The molecule has 2 heterocycles. The van der Waals surface area contributed by atoms with Crippen LogP contribution in [0.5, 0.6) is 0 Å². The summed E-state index contributed by atoms with van der Waals surface area (Å²) < 4.78 is 1.21. The van der Waals surface area contributed by atoms with Gasteiger partial charge in [-0.15, -0.1) is 11.3 Å². The normalized spacial score (nSPS) is 18.2. The Morgan fingerprint density at radius 2 is 1.96 bits per heavy atom. The average Bonchev–Trinajstić information content (AvgIpc) is 3.30. The number of guanidine groups is 1. The fourth-order valence-corrected chi connectivity index (χ4v) is 4.47. The molecule has 1 aliphatic heterocycles. The van der Waals surface area contributed by atoms with E-state index in [4.69, 9.17) is 0 Å². The van der Waals surface area contributed by atoms with Crippen LogP contribution in [0.15, 0.2) is 35.3 Å². The number of hydrogen-bond donors (Lipinski definition) is 3. The molecule has 26 heavy (non-hydrogen) atoms. The number of likely N-dealkylation sites (tertiary alicyclic amines) is 1. The minimum Gasteiger partial charge on any atom is -0.386 e. The standard InChI is InChI=1S/C20H30N4OS/c1-15(14-24-9-5-6-10-24)12-22-20(21-2)23-13-17(25)19-11-16-7-3-4-8-18(16)26-19/h3-4,7-8,11,15,17,25H,5-6,9-10,12-14H2,1-2H3,(H2,21,22,23). The molecule has 1 aromatic carbocycles. The summed E-state index contributed by atoms with van der Waals surface area (Å²) in [4.78, 5) is 7.79. The van der Waals surface area contributed by atoms with E-state index in [0.717, 1.165) is 23.9 Å². The lowest BCUT2D eigenvalue weighted by atomic mass is 10.1. The van der Waals surface area contributed by atoms with E-state index in [1.54, 1.807) is 18.4 Å². The number of thiophene rings is 1. The summed E-state index contributed by atoms with van der Waals surface area (Å²) in [6.07, 6.45) is 2.13. The zero-order valence-electron chi connectivity index (χ0n) is 15.7. The van der Waals surface area contributed by atoms with Crippen LogP contribution in [0.3, 0.4) is 0 Å². The summed E-state index contributed by atoms with van der Waals surface area (Å²) in [5, 5.41) is 18.3. The predicted octanol–water partition coefficient (Wildman–Crippen LogP) is 2.83. The number of nitrogens with zero attached hydrogens (tertiary/aromatic N) is 2. The maximum absolute atomic E-state index is 10.5. The van der Waals surface area contributed by atoms with Gasteiger partial charge < -0.3 is 20.6 Å². The van der Waals surface area contributed by atoms with Gasteiger partial charge in [0.25, 0.3) is 0 Å². The topological polar surface area (TPSA) is 59.9 Å². The van der Waals surface area contributed by atoms with Crippen molar-refractivity contribution in [2.45, 2.75) is 25.9 Å². The van der Waals surface area contributed by atoms with Gasteiger partial charge in [0.15, 0.2) is 5.96 Å². The molecular weight excluding hydrogens is 344 g/mol. The molecule has 0 bridgehead atoms. The molecule has 142 valence electrons. The summed E-state index contributed by atoms with van der Waals surface area (Å²) in [6, 6.07) is 10.3. The van der Waals surface area contributed by atoms with Crippen molar-refractivity contribution < 1.29 is 5.11 Å². The molecule has 6 heteroatoms.